The van der Waals surface area contributed by atoms with E-state index in [1.165, 1.54) is 0 Å². The van der Waals surface area contributed by atoms with Gasteiger partial charge in [0, 0.05) is 6.61 Å². The van der Waals surface area contributed by atoms with Crippen molar-refractivity contribution in [3.63, 3.8) is 0 Å². The Labute approximate surface area is 144 Å². The lowest BCUT2D eigenvalue weighted by molar-refractivity contribution is -0.156. The van der Waals surface area contributed by atoms with E-state index in [1.54, 1.807) is 6.92 Å². The number of hydrogen-bond donors (Lipinski definition) is 1. The van der Waals surface area contributed by atoms with E-state index in [4.69, 9.17) is 19.9 Å². The van der Waals surface area contributed by atoms with Crippen LogP contribution in [0.3, 0.4) is 0 Å². The maximum Gasteiger partial charge on any atom is 0.323 e. The van der Waals surface area contributed by atoms with Crippen molar-refractivity contribution in [1.29, 1.82) is 0 Å². The highest BCUT2D eigenvalue weighted by Crippen LogP contribution is 2.15. The van der Waals surface area contributed by atoms with E-state index in [0.717, 1.165) is 12.2 Å². The van der Waals surface area contributed by atoms with E-state index < -0.39 is 18.1 Å². The number of rotatable bonds is 10. The van der Waals surface area contributed by atoms with Crippen LogP contribution in [0.15, 0.2) is 30.3 Å². The van der Waals surface area contributed by atoms with Crippen molar-refractivity contribution in [3.05, 3.63) is 30.3 Å². The van der Waals surface area contributed by atoms with E-state index in [9.17, 15) is 4.79 Å². The molecule has 0 radical (unpaired) electrons. The quantitative estimate of drug-likeness (QED) is 0.521. The number of para-hydroxylation sites is 1. The summed E-state index contributed by atoms with van der Waals surface area (Å²) in [6.07, 6.45) is 0.652. The number of halogens is 1. The number of nitrogens with two attached hydrogens (primary N) is 1. The minimum absolute atomic E-state index is 0. The van der Waals surface area contributed by atoms with Crippen molar-refractivity contribution in [3.8, 4) is 5.75 Å². The third-order valence-electron chi connectivity index (χ3n) is 3.23. The van der Waals surface area contributed by atoms with Crippen molar-refractivity contribution in [2.75, 3.05) is 13.2 Å². The molecule has 0 fully saturated rings. The second kappa shape index (κ2) is 12.2. The average Bonchev–Trinajstić information content (AvgIpc) is 2.54. The van der Waals surface area contributed by atoms with Gasteiger partial charge < -0.3 is 19.9 Å². The average molecular weight is 346 g/mol. The molecule has 0 bridgehead atoms. The minimum Gasteiger partial charge on any atom is -0.484 e. The largest absolute Gasteiger partial charge is 0.484 e. The first-order chi connectivity index (χ1) is 10.6. The molecule has 0 unspecified atom stereocenters. The van der Waals surface area contributed by atoms with Crippen LogP contribution >= 0.6 is 12.4 Å². The second-order valence-corrected chi connectivity index (χ2v) is 5.20. The fourth-order valence-corrected chi connectivity index (χ4v) is 1.80. The summed E-state index contributed by atoms with van der Waals surface area (Å²) in [5, 5.41) is 0. The van der Waals surface area contributed by atoms with Crippen LogP contribution in [0.2, 0.25) is 0 Å². The molecule has 1 aromatic carbocycles. The van der Waals surface area contributed by atoms with Crippen LogP contribution in [0, 0.1) is 0 Å². The van der Waals surface area contributed by atoms with Gasteiger partial charge >= 0.3 is 5.97 Å². The van der Waals surface area contributed by atoms with Crippen LogP contribution in [-0.2, 0) is 14.3 Å². The fraction of sp³-hybridized carbons (Fsp3) is 0.588. The predicted molar refractivity (Wildman–Crippen MR) is 93.0 cm³/mol. The number of esters is 1. The number of ether oxygens (including phenoxy) is 3. The van der Waals surface area contributed by atoms with Gasteiger partial charge in [0.25, 0.3) is 0 Å². The molecular weight excluding hydrogens is 318 g/mol. The van der Waals surface area contributed by atoms with Crippen LogP contribution in [0.25, 0.3) is 0 Å². The molecule has 0 amide bonds. The van der Waals surface area contributed by atoms with Crippen molar-refractivity contribution in [2.24, 2.45) is 5.73 Å². The van der Waals surface area contributed by atoms with Gasteiger partial charge in [-0.25, -0.2) is 0 Å². The lowest BCUT2D eigenvalue weighted by Gasteiger charge is -2.26. The van der Waals surface area contributed by atoms with E-state index in [0.29, 0.717) is 19.6 Å². The summed E-state index contributed by atoms with van der Waals surface area (Å²) in [6, 6.07) is 8.82. The minimum atomic E-state index is -0.601. The monoisotopic (exact) mass is 345 g/mol. The summed E-state index contributed by atoms with van der Waals surface area (Å²) in [6.45, 7) is 6.68. The molecule has 0 spiro atoms. The standard InChI is InChI=1S/C17H27NO4.ClH/c1-4-11-20-12-16(22-14-9-7-6-8-10-14)13(3)21-17(19)15(18)5-2;/h6-10,13,15-16H,4-5,11-12,18H2,1-3H3;1H/t13-,15-,16+;/m0./s1. The Bertz CT molecular complexity index is 430. The molecule has 0 aliphatic rings. The summed E-state index contributed by atoms with van der Waals surface area (Å²) < 4.78 is 16.9. The van der Waals surface area contributed by atoms with Crippen LogP contribution < -0.4 is 10.5 Å². The third kappa shape index (κ3) is 8.21. The SMILES string of the molecule is CCCOC[C@@H](Oc1ccccc1)[C@H](C)OC(=O)[C@@H](N)CC.Cl. The highest BCUT2D eigenvalue weighted by atomic mass is 35.5. The van der Waals surface area contributed by atoms with Crippen LogP contribution in [0.5, 0.6) is 5.75 Å². The number of carbonyl (C=O) groups is 1. The Balaban J connectivity index is 0.00000484. The highest BCUT2D eigenvalue weighted by Gasteiger charge is 2.25. The normalized spacial score (nSPS) is 14.3. The molecular formula is C17H28ClNO4. The van der Waals surface area contributed by atoms with E-state index in [2.05, 4.69) is 0 Å². The fourth-order valence-electron chi connectivity index (χ4n) is 1.80. The summed E-state index contributed by atoms with van der Waals surface area (Å²) in [5.41, 5.74) is 5.69. The van der Waals surface area contributed by atoms with Crippen LogP contribution in [0.4, 0.5) is 0 Å². The zero-order chi connectivity index (χ0) is 16.4. The van der Waals surface area contributed by atoms with Gasteiger partial charge in [-0.15, -0.1) is 12.4 Å². The second-order valence-electron chi connectivity index (χ2n) is 5.20. The summed E-state index contributed by atoms with van der Waals surface area (Å²) >= 11 is 0. The number of carbonyl (C=O) groups excluding carboxylic acids is 1. The molecule has 0 aliphatic heterocycles. The van der Waals surface area contributed by atoms with E-state index in [1.807, 2.05) is 44.2 Å². The van der Waals surface area contributed by atoms with Gasteiger partial charge in [0.1, 0.15) is 17.9 Å². The Morgan fingerprint density at radius 1 is 1.22 bits per heavy atom. The summed E-state index contributed by atoms with van der Waals surface area (Å²) in [7, 11) is 0. The zero-order valence-electron chi connectivity index (χ0n) is 14.1. The molecule has 1 aromatic rings. The van der Waals surface area contributed by atoms with Crippen molar-refractivity contribution < 1.29 is 19.0 Å². The Kier molecular flexibility index (Phi) is 11.5. The topological polar surface area (TPSA) is 70.8 Å². The predicted octanol–water partition coefficient (Wildman–Crippen LogP) is 2.95. The molecule has 0 saturated heterocycles. The molecule has 1 rings (SSSR count). The Morgan fingerprint density at radius 3 is 2.43 bits per heavy atom. The van der Waals surface area contributed by atoms with Gasteiger partial charge in [-0.05, 0) is 31.9 Å². The van der Waals surface area contributed by atoms with Crippen molar-refractivity contribution in [1.82, 2.24) is 0 Å². The van der Waals surface area contributed by atoms with Gasteiger partial charge in [-0.2, -0.15) is 0 Å². The smallest absolute Gasteiger partial charge is 0.323 e. The summed E-state index contributed by atoms with van der Waals surface area (Å²) in [4.78, 5) is 11.8. The van der Waals surface area contributed by atoms with Crippen LogP contribution in [-0.4, -0.2) is 37.4 Å². The molecule has 23 heavy (non-hydrogen) atoms. The van der Waals surface area contributed by atoms with Gasteiger partial charge in [0.05, 0.1) is 6.61 Å². The maximum atomic E-state index is 11.8. The Morgan fingerprint density at radius 2 is 1.87 bits per heavy atom. The van der Waals surface area contributed by atoms with Gasteiger partial charge in [-0.1, -0.05) is 32.0 Å². The van der Waals surface area contributed by atoms with Gasteiger partial charge in [0.15, 0.2) is 6.10 Å². The lowest BCUT2D eigenvalue weighted by atomic mass is 10.2. The molecule has 5 nitrogen and oxygen atoms in total. The number of hydrogen-bond acceptors (Lipinski definition) is 5. The molecule has 0 saturated carbocycles. The van der Waals surface area contributed by atoms with Gasteiger partial charge in [-0.3, -0.25) is 4.79 Å². The van der Waals surface area contributed by atoms with Crippen LogP contribution in [0.1, 0.15) is 33.6 Å². The molecule has 6 heteroatoms. The highest BCUT2D eigenvalue weighted by molar-refractivity contribution is 5.85. The zero-order valence-corrected chi connectivity index (χ0v) is 14.9. The third-order valence-corrected chi connectivity index (χ3v) is 3.23. The maximum absolute atomic E-state index is 11.8. The first kappa shape index (κ1) is 21.7. The molecule has 0 heterocycles. The molecule has 132 valence electrons. The van der Waals surface area contributed by atoms with Crippen molar-refractivity contribution >= 4 is 18.4 Å². The van der Waals surface area contributed by atoms with Gasteiger partial charge in [0.2, 0.25) is 0 Å². The first-order valence-corrected chi connectivity index (χ1v) is 7.84. The van der Waals surface area contributed by atoms with Crippen molar-refractivity contribution in [2.45, 2.75) is 51.9 Å². The molecule has 2 N–H and O–H groups in total. The first-order valence-electron chi connectivity index (χ1n) is 7.84. The molecule has 0 aliphatic carbocycles. The van der Waals surface area contributed by atoms with E-state index >= 15 is 0 Å². The lowest BCUT2D eigenvalue weighted by Crippen LogP contribution is -2.41. The molecule has 3 atom stereocenters. The number of benzene rings is 1. The summed E-state index contributed by atoms with van der Waals surface area (Å²) in [5.74, 6) is 0.308. The molecule has 0 aromatic heterocycles. The van der Waals surface area contributed by atoms with E-state index in [-0.39, 0.29) is 18.5 Å². The Hall–Kier alpha value is -1.30.